The van der Waals surface area contributed by atoms with E-state index in [1.54, 1.807) is 18.3 Å². The molecule has 2 aromatic carbocycles. The molecule has 0 bridgehead atoms. The molecule has 1 N–H and O–H groups in total. The summed E-state index contributed by atoms with van der Waals surface area (Å²) in [7, 11) is 0. The Balaban J connectivity index is 1.76. The van der Waals surface area contributed by atoms with E-state index < -0.39 is 0 Å². The standard InChI is InChI=1S/C15H13BrN2O2/c16-13-6-8-14(9-7-13)20-11-15(19)18-17-10-12-4-2-1-3-5-12/h1-10H,11H2,(H,18,19). The van der Waals surface area contributed by atoms with E-state index in [4.69, 9.17) is 4.74 Å². The van der Waals surface area contributed by atoms with Crippen molar-refractivity contribution in [3.63, 3.8) is 0 Å². The van der Waals surface area contributed by atoms with Gasteiger partial charge in [-0.3, -0.25) is 4.79 Å². The van der Waals surface area contributed by atoms with Crippen LogP contribution in [0.5, 0.6) is 5.75 Å². The minimum atomic E-state index is -0.305. The highest BCUT2D eigenvalue weighted by atomic mass is 79.9. The van der Waals surface area contributed by atoms with E-state index in [1.807, 2.05) is 42.5 Å². The third-order valence-electron chi connectivity index (χ3n) is 2.39. The Morgan fingerprint density at radius 2 is 1.85 bits per heavy atom. The summed E-state index contributed by atoms with van der Waals surface area (Å²) in [6.45, 7) is -0.0756. The third-order valence-corrected chi connectivity index (χ3v) is 2.91. The van der Waals surface area contributed by atoms with Crippen molar-refractivity contribution in [2.75, 3.05) is 6.61 Å². The molecule has 5 heteroatoms. The van der Waals surface area contributed by atoms with Crippen LogP contribution in [0.3, 0.4) is 0 Å². The second kappa shape index (κ2) is 7.45. The Kier molecular flexibility index (Phi) is 5.32. The van der Waals surface area contributed by atoms with E-state index >= 15 is 0 Å². The number of hydrazone groups is 1. The van der Waals surface area contributed by atoms with Crippen LogP contribution in [0.15, 0.2) is 64.2 Å². The predicted octanol–water partition coefficient (Wildman–Crippen LogP) is 2.98. The molecular formula is C15H13BrN2O2. The number of ether oxygens (including phenoxy) is 1. The summed E-state index contributed by atoms with van der Waals surface area (Å²) >= 11 is 3.33. The SMILES string of the molecule is O=C(COc1ccc(Br)cc1)NN=Cc1ccccc1. The average molecular weight is 333 g/mol. The zero-order valence-corrected chi connectivity index (χ0v) is 12.2. The highest BCUT2D eigenvalue weighted by molar-refractivity contribution is 9.10. The van der Waals surface area contributed by atoms with Gasteiger partial charge < -0.3 is 4.74 Å². The molecule has 0 aliphatic carbocycles. The second-order valence-corrected chi connectivity index (χ2v) is 4.86. The van der Waals surface area contributed by atoms with Crippen molar-refractivity contribution in [1.82, 2.24) is 5.43 Å². The Bertz CT molecular complexity index is 583. The fraction of sp³-hybridized carbons (Fsp3) is 0.0667. The van der Waals surface area contributed by atoms with Gasteiger partial charge in [0.05, 0.1) is 6.21 Å². The van der Waals surface area contributed by atoms with Crippen molar-refractivity contribution < 1.29 is 9.53 Å². The highest BCUT2D eigenvalue weighted by Crippen LogP contribution is 2.15. The van der Waals surface area contributed by atoms with Crippen LogP contribution in [-0.2, 0) is 4.79 Å². The quantitative estimate of drug-likeness (QED) is 0.676. The maximum atomic E-state index is 11.5. The van der Waals surface area contributed by atoms with Gasteiger partial charge in [-0.1, -0.05) is 46.3 Å². The van der Waals surface area contributed by atoms with Gasteiger partial charge in [0.15, 0.2) is 6.61 Å². The van der Waals surface area contributed by atoms with Crippen molar-refractivity contribution >= 4 is 28.1 Å². The first kappa shape index (κ1) is 14.3. The Hall–Kier alpha value is -2.14. The number of halogens is 1. The van der Waals surface area contributed by atoms with Gasteiger partial charge >= 0.3 is 0 Å². The number of carbonyl (C=O) groups excluding carboxylic acids is 1. The maximum absolute atomic E-state index is 11.5. The molecule has 0 fully saturated rings. The van der Waals surface area contributed by atoms with E-state index in [9.17, 15) is 4.79 Å². The predicted molar refractivity (Wildman–Crippen MR) is 81.8 cm³/mol. The molecule has 0 unspecified atom stereocenters. The summed E-state index contributed by atoms with van der Waals surface area (Å²) in [6.07, 6.45) is 1.58. The molecule has 4 nitrogen and oxygen atoms in total. The summed E-state index contributed by atoms with van der Waals surface area (Å²) in [5, 5.41) is 3.86. The van der Waals surface area contributed by atoms with Gasteiger partial charge in [0.1, 0.15) is 5.75 Å². The number of nitrogens with zero attached hydrogens (tertiary/aromatic N) is 1. The number of nitrogens with one attached hydrogen (secondary N) is 1. The fourth-order valence-electron chi connectivity index (χ4n) is 1.43. The van der Waals surface area contributed by atoms with E-state index in [1.165, 1.54) is 0 Å². The normalized spacial score (nSPS) is 10.4. The first-order valence-electron chi connectivity index (χ1n) is 5.99. The van der Waals surface area contributed by atoms with E-state index in [-0.39, 0.29) is 12.5 Å². The van der Waals surface area contributed by atoms with Gasteiger partial charge in [-0.2, -0.15) is 5.10 Å². The Labute approximate surface area is 125 Å². The number of rotatable bonds is 5. The van der Waals surface area contributed by atoms with Crippen LogP contribution in [0.4, 0.5) is 0 Å². The minimum absolute atomic E-state index is 0.0756. The van der Waals surface area contributed by atoms with Crippen molar-refractivity contribution in [3.8, 4) is 5.75 Å². The summed E-state index contributed by atoms with van der Waals surface area (Å²) in [6, 6.07) is 16.8. The van der Waals surface area contributed by atoms with Gasteiger partial charge in [0.25, 0.3) is 5.91 Å². The molecule has 0 heterocycles. The lowest BCUT2D eigenvalue weighted by atomic mass is 10.2. The molecule has 0 spiro atoms. The van der Waals surface area contributed by atoms with Crippen LogP contribution in [0.1, 0.15) is 5.56 Å². The van der Waals surface area contributed by atoms with Crippen LogP contribution in [0.2, 0.25) is 0 Å². The zero-order chi connectivity index (χ0) is 14.2. The summed E-state index contributed by atoms with van der Waals surface area (Å²) in [5.41, 5.74) is 3.33. The van der Waals surface area contributed by atoms with Crippen LogP contribution in [-0.4, -0.2) is 18.7 Å². The van der Waals surface area contributed by atoms with Crippen molar-refractivity contribution in [2.45, 2.75) is 0 Å². The van der Waals surface area contributed by atoms with Crippen molar-refractivity contribution in [2.24, 2.45) is 5.10 Å². The van der Waals surface area contributed by atoms with E-state index in [0.717, 1.165) is 10.0 Å². The summed E-state index contributed by atoms with van der Waals surface area (Å²) < 4.78 is 6.28. The molecule has 2 aromatic rings. The number of hydrogen-bond acceptors (Lipinski definition) is 3. The molecule has 102 valence electrons. The zero-order valence-electron chi connectivity index (χ0n) is 10.6. The second-order valence-electron chi connectivity index (χ2n) is 3.95. The number of hydrogen-bond donors (Lipinski definition) is 1. The van der Waals surface area contributed by atoms with Crippen LogP contribution in [0.25, 0.3) is 0 Å². The number of carbonyl (C=O) groups is 1. The molecule has 0 aliphatic rings. The largest absolute Gasteiger partial charge is 0.484 e. The smallest absolute Gasteiger partial charge is 0.277 e. The molecule has 0 atom stereocenters. The van der Waals surface area contributed by atoms with Gasteiger partial charge in [0, 0.05) is 4.47 Å². The summed E-state index contributed by atoms with van der Waals surface area (Å²) in [5.74, 6) is 0.329. The third kappa shape index (κ3) is 4.85. The lowest BCUT2D eigenvalue weighted by molar-refractivity contribution is -0.123. The topological polar surface area (TPSA) is 50.7 Å². The lowest BCUT2D eigenvalue weighted by Crippen LogP contribution is -2.24. The fourth-order valence-corrected chi connectivity index (χ4v) is 1.69. The first-order chi connectivity index (χ1) is 9.74. The average Bonchev–Trinajstić information content (AvgIpc) is 2.48. The van der Waals surface area contributed by atoms with Gasteiger partial charge in [-0.15, -0.1) is 0 Å². The minimum Gasteiger partial charge on any atom is -0.484 e. The van der Waals surface area contributed by atoms with E-state index in [0.29, 0.717) is 5.75 Å². The molecule has 0 radical (unpaired) electrons. The maximum Gasteiger partial charge on any atom is 0.277 e. The monoisotopic (exact) mass is 332 g/mol. The molecule has 20 heavy (non-hydrogen) atoms. The number of benzene rings is 2. The Morgan fingerprint density at radius 3 is 2.55 bits per heavy atom. The molecule has 2 rings (SSSR count). The van der Waals surface area contributed by atoms with Crippen LogP contribution >= 0.6 is 15.9 Å². The molecule has 0 saturated heterocycles. The Morgan fingerprint density at radius 1 is 1.15 bits per heavy atom. The van der Waals surface area contributed by atoms with Crippen molar-refractivity contribution in [3.05, 3.63) is 64.6 Å². The molecule has 0 saturated carbocycles. The van der Waals surface area contributed by atoms with Crippen LogP contribution < -0.4 is 10.2 Å². The first-order valence-corrected chi connectivity index (χ1v) is 6.78. The summed E-state index contributed by atoms with van der Waals surface area (Å²) in [4.78, 5) is 11.5. The van der Waals surface area contributed by atoms with Crippen molar-refractivity contribution in [1.29, 1.82) is 0 Å². The van der Waals surface area contributed by atoms with E-state index in [2.05, 4.69) is 26.5 Å². The molecule has 0 aliphatic heterocycles. The number of amides is 1. The van der Waals surface area contributed by atoms with Gasteiger partial charge in [0.2, 0.25) is 0 Å². The van der Waals surface area contributed by atoms with Gasteiger partial charge in [-0.05, 0) is 29.8 Å². The highest BCUT2D eigenvalue weighted by Gasteiger charge is 2.00. The molecular weight excluding hydrogens is 320 g/mol. The molecule has 0 aromatic heterocycles. The van der Waals surface area contributed by atoms with Crippen LogP contribution in [0, 0.1) is 0 Å². The lowest BCUT2D eigenvalue weighted by Gasteiger charge is -2.04. The van der Waals surface area contributed by atoms with Gasteiger partial charge in [-0.25, -0.2) is 5.43 Å². The molecule has 1 amide bonds.